The van der Waals surface area contributed by atoms with Crippen molar-refractivity contribution in [3.63, 3.8) is 0 Å². The maximum Gasteiger partial charge on any atom is 0.407 e. The molecule has 0 spiro atoms. The van der Waals surface area contributed by atoms with E-state index in [4.69, 9.17) is 4.52 Å². The van der Waals surface area contributed by atoms with Gasteiger partial charge in [-0.1, -0.05) is 159 Å². The fourth-order valence-electron chi connectivity index (χ4n) is 5.58. The fraction of sp³-hybridized carbons (Fsp3) is 0.684. The Labute approximate surface area is 260 Å². The molecule has 3 nitrogen and oxygen atoms in total. The monoisotopic (exact) mass is 599 g/mol. The first-order chi connectivity index (χ1) is 19.1. The summed E-state index contributed by atoms with van der Waals surface area (Å²) in [6.07, 6.45) is 7.60. The zero-order valence-electron chi connectivity index (χ0n) is 29.4. The first-order valence-electron chi connectivity index (χ1n) is 16.4. The normalized spacial score (nSPS) is 13.7. The van der Waals surface area contributed by atoms with Crippen molar-refractivity contribution in [1.82, 2.24) is 0 Å². The molecule has 0 aliphatic carbocycles. The third-order valence-electron chi connectivity index (χ3n) is 8.35. The standard InChI is InChI=1S/C38H64O3P/c1-14-15-16-17-18-19-20-25-42(39,40)41-34(30-23-21-28(35(2,3)4)26-32(30)37(8,9)10)31-24-22-29(36(5,6)7)27-33(31)38(11,12)13/h21-24,26-27,34,39-40H,14-20,25H2,1-13H3/q+1. The van der Waals surface area contributed by atoms with E-state index in [1.54, 1.807) is 0 Å². The highest BCUT2D eigenvalue weighted by Gasteiger charge is 2.42. The third-order valence-corrected chi connectivity index (χ3v) is 9.79. The summed E-state index contributed by atoms with van der Waals surface area (Å²) in [4.78, 5) is 22.9. The average Bonchev–Trinajstić information content (AvgIpc) is 2.84. The van der Waals surface area contributed by atoms with E-state index in [0.717, 1.165) is 30.4 Å². The number of hydrogen-bond donors (Lipinski definition) is 2. The van der Waals surface area contributed by atoms with Gasteiger partial charge in [0.05, 0.1) is 0 Å². The summed E-state index contributed by atoms with van der Waals surface area (Å²) in [5.41, 5.74) is 6.66. The molecule has 0 aliphatic heterocycles. The van der Waals surface area contributed by atoms with Crippen molar-refractivity contribution in [3.8, 4) is 0 Å². The van der Waals surface area contributed by atoms with E-state index < -0.39 is 14.0 Å². The molecule has 0 saturated heterocycles. The van der Waals surface area contributed by atoms with Crippen molar-refractivity contribution < 1.29 is 14.3 Å². The highest BCUT2D eigenvalue weighted by Crippen LogP contribution is 2.58. The lowest BCUT2D eigenvalue weighted by molar-refractivity contribution is 0.178. The van der Waals surface area contributed by atoms with Crippen LogP contribution in [0.25, 0.3) is 0 Å². The maximum atomic E-state index is 11.4. The van der Waals surface area contributed by atoms with E-state index >= 15 is 0 Å². The molecule has 2 rings (SSSR count). The summed E-state index contributed by atoms with van der Waals surface area (Å²) in [6, 6.07) is 13.4. The summed E-state index contributed by atoms with van der Waals surface area (Å²) in [7, 11) is -3.62. The van der Waals surface area contributed by atoms with E-state index in [1.165, 1.54) is 47.9 Å². The molecule has 42 heavy (non-hydrogen) atoms. The summed E-state index contributed by atoms with van der Waals surface area (Å²) in [5.74, 6) is 0. The molecule has 0 radical (unpaired) electrons. The molecule has 4 heteroatoms. The highest BCUT2D eigenvalue weighted by molar-refractivity contribution is 7.59. The van der Waals surface area contributed by atoms with Gasteiger partial charge in [-0.25, -0.2) is 0 Å². The van der Waals surface area contributed by atoms with Crippen LogP contribution < -0.4 is 0 Å². The first-order valence-corrected chi connectivity index (χ1v) is 18.2. The lowest BCUT2D eigenvalue weighted by Crippen LogP contribution is -2.24. The summed E-state index contributed by atoms with van der Waals surface area (Å²) >= 11 is 0. The van der Waals surface area contributed by atoms with Gasteiger partial charge in [0.1, 0.15) is 6.16 Å². The van der Waals surface area contributed by atoms with Gasteiger partial charge in [-0.05, 0) is 67.9 Å². The Kier molecular flexibility index (Phi) is 12.5. The molecule has 2 aromatic carbocycles. The van der Waals surface area contributed by atoms with Gasteiger partial charge in [-0.15, -0.1) is 0 Å². The van der Waals surface area contributed by atoms with E-state index in [9.17, 15) is 9.79 Å². The largest absolute Gasteiger partial charge is 0.407 e. The van der Waals surface area contributed by atoms with Crippen LogP contribution in [0.15, 0.2) is 36.4 Å². The van der Waals surface area contributed by atoms with Crippen molar-refractivity contribution in [1.29, 1.82) is 0 Å². The molecule has 2 N–H and O–H groups in total. The SMILES string of the molecule is CCCCCCCCC[P+](O)(O)OC(c1ccc(C(C)(C)C)cc1C(C)(C)C)c1ccc(C(C)(C)C)cc1C(C)(C)C. The molecule has 0 amide bonds. The van der Waals surface area contributed by atoms with Crippen molar-refractivity contribution in [2.75, 3.05) is 6.16 Å². The van der Waals surface area contributed by atoms with Crippen LogP contribution >= 0.6 is 7.94 Å². The Morgan fingerprint density at radius 2 is 0.952 bits per heavy atom. The van der Waals surface area contributed by atoms with Crippen molar-refractivity contribution in [2.45, 2.75) is 163 Å². The zero-order chi connectivity index (χ0) is 32.1. The van der Waals surface area contributed by atoms with Gasteiger partial charge in [0.25, 0.3) is 0 Å². The molecule has 0 atom stereocenters. The van der Waals surface area contributed by atoms with E-state index in [2.05, 4.69) is 126 Å². The van der Waals surface area contributed by atoms with Gasteiger partial charge >= 0.3 is 7.94 Å². The van der Waals surface area contributed by atoms with Gasteiger partial charge in [0.2, 0.25) is 0 Å². The van der Waals surface area contributed by atoms with Crippen LogP contribution in [0, 0.1) is 0 Å². The molecule has 0 heterocycles. The molecule has 0 unspecified atom stereocenters. The molecular weight excluding hydrogens is 535 g/mol. The molecule has 0 saturated carbocycles. The average molecular weight is 600 g/mol. The number of unbranched alkanes of at least 4 members (excludes halogenated alkanes) is 6. The van der Waals surface area contributed by atoms with Crippen molar-refractivity contribution in [2.24, 2.45) is 0 Å². The quantitative estimate of drug-likeness (QED) is 0.188. The van der Waals surface area contributed by atoms with E-state index in [1.807, 2.05) is 0 Å². The lowest BCUT2D eigenvalue weighted by Gasteiger charge is -2.33. The molecule has 0 aromatic heterocycles. The fourth-order valence-corrected chi connectivity index (χ4v) is 6.89. The number of rotatable bonds is 12. The van der Waals surface area contributed by atoms with Crippen LogP contribution in [0.1, 0.15) is 174 Å². The van der Waals surface area contributed by atoms with Crippen LogP contribution in [0.5, 0.6) is 0 Å². The second-order valence-corrected chi connectivity index (χ2v) is 18.6. The lowest BCUT2D eigenvalue weighted by atomic mass is 9.74. The van der Waals surface area contributed by atoms with Crippen LogP contribution in [-0.4, -0.2) is 15.9 Å². The van der Waals surface area contributed by atoms with Crippen LogP contribution in [0.2, 0.25) is 0 Å². The summed E-state index contributed by atoms with van der Waals surface area (Å²) in [5, 5.41) is 0. The number of benzene rings is 2. The Bertz CT molecular complexity index is 1060. The first kappa shape index (κ1) is 36.9. The van der Waals surface area contributed by atoms with Crippen LogP contribution in [-0.2, 0) is 26.2 Å². The van der Waals surface area contributed by atoms with Crippen molar-refractivity contribution in [3.05, 3.63) is 69.8 Å². The minimum atomic E-state index is -3.62. The van der Waals surface area contributed by atoms with Gasteiger partial charge in [-0.2, -0.15) is 14.3 Å². The molecule has 0 aliphatic rings. The van der Waals surface area contributed by atoms with Gasteiger partial charge < -0.3 is 0 Å². The molecule has 2 aromatic rings. The second-order valence-electron chi connectivity index (χ2n) is 16.6. The number of hydrogen-bond acceptors (Lipinski definition) is 3. The zero-order valence-corrected chi connectivity index (χ0v) is 30.3. The smallest absolute Gasteiger partial charge is 0.193 e. The Balaban J connectivity index is 2.67. The highest BCUT2D eigenvalue weighted by atomic mass is 31.2. The molecule has 0 fully saturated rings. The maximum absolute atomic E-state index is 11.4. The minimum Gasteiger partial charge on any atom is -0.193 e. The van der Waals surface area contributed by atoms with E-state index in [0.29, 0.717) is 6.16 Å². The third kappa shape index (κ3) is 10.7. The predicted molar refractivity (Wildman–Crippen MR) is 185 cm³/mol. The van der Waals surface area contributed by atoms with E-state index in [-0.39, 0.29) is 21.7 Å². The van der Waals surface area contributed by atoms with Gasteiger partial charge in [0, 0.05) is 0 Å². The summed E-state index contributed by atoms with van der Waals surface area (Å²) in [6.45, 7) is 29.1. The second kappa shape index (κ2) is 14.2. The Morgan fingerprint density at radius 3 is 1.31 bits per heavy atom. The topological polar surface area (TPSA) is 49.7 Å². The van der Waals surface area contributed by atoms with Gasteiger partial charge in [-0.3, -0.25) is 0 Å². The Hall–Kier alpha value is -1.25. The van der Waals surface area contributed by atoms with Crippen LogP contribution in [0.3, 0.4) is 0 Å². The van der Waals surface area contributed by atoms with Crippen LogP contribution in [0.4, 0.5) is 0 Å². The Morgan fingerprint density at radius 1 is 0.571 bits per heavy atom. The summed E-state index contributed by atoms with van der Waals surface area (Å²) < 4.78 is 6.60. The molecule has 0 bridgehead atoms. The predicted octanol–water partition coefficient (Wildman–Crippen LogP) is 11.5. The molecular formula is C38H64O3P+. The van der Waals surface area contributed by atoms with Gasteiger partial charge in [0.15, 0.2) is 6.10 Å². The minimum absolute atomic E-state index is 0.00164. The van der Waals surface area contributed by atoms with Crippen molar-refractivity contribution >= 4 is 7.94 Å². The molecule has 238 valence electrons.